The molecule has 2 heterocycles. The highest BCUT2D eigenvalue weighted by atomic mass is 16.5. The molecule has 1 saturated heterocycles. The third kappa shape index (κ3) is 2.69. The second kappa shape index (κ2) is 5.55. The first-order valence-corrected chi connectivity index (χ1v) is 5.74. The third-order valence-corrected chi connectivity index (χ3v) is 3.08. The predicted molar refractivity (Wildman–Crippen MR) is 61.1 cm³/mol. The van der Waals surface area contributed by atoms with Crippen molar-refractivity contribution in [1.29, 1.82) is 5.26 Å². The zero-order chi connectivity index (χ0) is 12.1. The number of hydrogen-bond acceptors (Lipinski definition) is 4. The number of ether oxygens (including phenoxy) is 1. The molecule has 4 heteroatoms. The van der Waals surface area contributed by atoms with Crippen LogP contribution in [0.15, 0.2) is 24.5 Å². The summed E-state index contributed by atoms with van der Waals surface area (Å²) in [4.78, 5) is 16.1. The lowest BCUT2D eigenvalue weighted by Crippen LogP contribution is -2.27. The van der Waals surface area contributed by atoms with Gasteiger partial charge in [0.15, 0.2) is 5.78 Å². The maximum absolute atomic E-state index is 12.2. The fourth-order valence-electron chi connectivity index (χ4n) is 2.08. The Labute approximate surface area is 100 Å². The number of carbonyl (C=O) groups excluding carboxylic acids is 1. The molecule has 0 radical (unpaired) electrons. The Morgan fingerprint density at radius 1 is 1.41 bits per heavy atom. The third-order valence-electron chi connectivity index (χ3n) is 3.08. The minimum absolute atomic E-state index is 0.0157. The van der Waals surface area contributed by atoms with Gasteiger partial charge in [-0.25, -0.2) is 0 Å². The van der Waals surface area contributed by atoms with Crippen molar-refractivity contribution in [2.45, 2.75) is 18.8 Å². The molecule has 1 aliphatic rings. The highest BCUT2D eigenvalue weighted by Gasteiger charge is 2.29. The second-order valence-corrected chi connectivity index (χ2v) is 4.13. The van der Waals surface area contributed by atoms with Gasteiger partial charge >= 0.3 is 0 Å². The number of carbonyl (C=O) groups is 1. The van der Waals surface area contributed by atoms with Crippen molar-refractivity contribution in [3.63, 3.8) is 0 Å². The van der Waals surface area contributed by atoms with Crippen molar-refractivity contribution < 1.29 is 9.53 Å². The van der Waals surface area contributed by atoms with Crippen LogP contribution in [-0.2, 0) is 9.53 Å². The molecule has 1 fully saturated rings. The largest absolute Gasteiger partial charge is 0.381 e. The molecule has 0 aliphatic carbocycles. The molecule has 0 N–H and O–H groups in total. The molecule has 0 bridgehead atoms. The van der Waals surface area contributed by atoms with Crippen LogP contribution in [0.5, 0.6) is 0 Å². The van der Waals surface area contributed by atoms with E-state index in [9.17, 15) is 4.79 Å². The molecule has 88 valence electrons. The van der Waals surface area contributed by atoms with E-state index in [-0.39, 0.29) is 11.7 Å². The lowest BCUT2D eigenvalue weighted by Gasteiger charge is -2.22. The average molecular weight is 230 g/mol. The Morgan fingerprint density at radius 2 is 2.06 bits per heavy atom. The number of pyridine rings is 1. The first-order chi connectivity index (χ1) is 8.33. The fraction of sp³-hybridized carbons (Fsp3) is 0.462. The molecular weight excluding hydrogens is 216 g/mol. The fourth-order valence-corrected chi connectivity index (χ4v) is 2.08. The van der Waals surface area contributed by atoms with Gasteiger partial charge in [0.1, 0.15) is 5.92 Å². The molecule has 1 aromatic rings. The van der Waals surface area contributed by atoms with Crippen LogP contribution >= 0.6 is 0 Å². The van der Waals surface area contributed by atoms with Crippen LogP contribution < -0.4 is 0 Å². The van der Waals surface area contributed by atoms with Crippen LogP contribution in [-0.4, -0.2) is 24.0 Å². The minimum Gasteiger partial charge on any atom is -0.381 e. The summed E-state index contributed by atoms with van der Waals surface area (Å²) < 4.78 is 5.22. The topological polar surface area (TPSA) is 63.0 Å². The average Bonchev–Trinajstić information content (AvgIpc) is 2.42. The SMILES string of the molecule is N#CC(C(=O)C1CCOCC1)c1ccncc1. The molecule has 4 nitrogen and oxygen atoms in total. The molecule has 1 atom stereocenters. The van der Waals surface area contributed by atoms with Crippen molar-refractivity contribution in [3.8, 4) is 6.07 Å². The monoisotopic (exact) mass is 230 g/mol. The smallest absolute Gasteiger partial charge is 0.157 e. The van der Waals surface area contributed by atoms with Gasteiger partial charge in [-0.1, -0.05) is 0 Å². The van der Waals surface area contributed by atoms with Crippen molar-refractivity contribution in [1.82, 2.24) is 4.98 Å². The van der Waals surface area contributed by atoms with Crippen LogP contribution in [0, 0.1) is 17.2 Å². The Kier molecular flexibility index (Phi) is 3.84. The van der Waals surface area contributed by atoms with E-state index < -0.39 is 5.92 Å². The molecular formula is C13H14N2O2. The Bertz CT molecular complexity index is 419. The number of ketones is 1. The normalized spacial score (nSPS) is 18.3. The Morgan fingerprint density at radius 3 is 2.65 bits per heavy atom. The number of rotatable bonds is 3. The lowest BCUT2D eigenvalue weighted by molar-refractivity contribution is -0.126. The van der Waals surface area contributed by atoms with E-state index in [1.165, 1.54) is 0 Å². The molecule has 0 spiro atoms. The first-order valence-electron chi connectivity index (χ1n) is 5.74. The molecule has 0 saturated carbocycles. The number of nitrogens with zero attached hydrogens (tertiary/aromatic N) is 2. The van der Waals surface area contributed by atoms with Crippen molar-refractivity contribution in [2.24, 2.45) is 5.92 Å². The van der Waals surface area contributed by atoms with Gasteiger partial charge in [-0.05, 0) is 30.5 Å². The summed E-state index contributed by atoms with van der Waals surface area (Å²) in [6.07, 6.45) is 4.66. The summed E-state index contributed by atoms with van der Waals surface area (Å²) in [5, 5.41) is 9.16. The van der Waals surface area contributed by atoms with Gasteiger partial charge in [-0.3, -0.25) is 9.78 Å². The van der Waals surface area contributed by atoms with Gasteiger partial charge in [0, 0.05) is 31.5 Å². The highest BCUT2D eigenvalue weighted by molar-refractivity contribution is 5.90. The minimum atomic E-state index is -0.666. The molecule has 2 rings (SSSR count). The van der Waals surface area contributed by atoms with E-state index in [0.717, 1.165) is 18.4 Å². The molecule has 0 amide bonds. The first kappa shape index (κ1) is 11.7. The van der Waals surface area contributed by atoms with Crippen LogP contribution in [0.3, 0.4) is 0 Å². The Hall–Kier alpha value is -1.73. The van der Waals surface area contributed by atoms with Gasteiger partial charge in [-0.15, -0.1) is 0 Å². The standard InChI is InChI=1S/C13H14N2O2/c14-9-12(10-1-5-15-6-2-10)13(16)11-3-7-17-8-4-11/h1-2,5-6,11-12H,3-4,7-8H2. The maximum Gasteiger partial charge on any atom is 0.157 e. The zero-order valence-electron chi connectivity index (χ0n) is 9.50. The number of Topliss-reactive ketones (excluding diaryl/α,β-unsaturated/α-hetero) is 1. The van der Waals surface area contributed by atoms with E-state index in [1.807, 2.05) is 0 Å². The molecule has 17 heavy (non-hydrogen) atoms. The molecule has 1 unspecified atom stereocenters. The Balaban J connectivity index is 2.13. The molecule has 1 aliphatic heterocycles. The van der Waals surface area contributed by atoms with Gasteiger partial charge in [-0.2, -0.15) is 5.26 Å². The summed E-state index contributed by atoms with van der Waals surface area (Å²) in [6, 6.07) is 5.55. The van der Waals surface area contributed by atoms with Crippen LogP contribution in [0.4, 0.5) is 0 Å². The van der Waals surface area contributed by atoms with Crippen molar-refractivity contribution in [3.05, 3.63) is 30.1 Å². The quantitative estimate of drug-likeness (QED) is 0.792. The van der Waals surface area contributed by atoms with E-state index in [4.69, 9.17) is 10.00 Å². The van der Waals surface area contributed by atoms with Gasteiger partial charge < -0.3 is 4.74 Å². The van der Waals surface area contributed by atoms with Gasteiger partial charge in [0.05, 0.1) is 6.07 Å². The summed E-state index contributed by atoms with van der Waals surface area (Å²) in [7, 11) is 0. The lowest BCUT2D eigenvalue weighted by atomic mass is 9.85. The highest BCUT2D eigenvalue weighted by Crippen LogP contribution is 2.25. The number of hydrogen-bond donors (Lipinski definition) is 0. The van der Waals surface area contributed by atoms with E-state index in [1.54, 1.807) is 24.5 Å². The summed E-state index contributed by atoms with van der Waals surface area (Å²) in [5.41, 5.74) is 0.735. The molecule has 1 aromatic heterocycles. The zero-order valence-corrected chi connectivity index (χ0v) is 9.50. The summed E-state index contributed by atoms with van der Waals surface area (Å²) in [6.45, 7) is 1.23. The number of nitriles is 1. The van der Waals surface area contributed by atoms with E-state index >= 15 is 0 Å². The van der Waals surface area contributed by atoms with Crippen LogP contribution in [0.2, 0.25) is 0 Å². The van der Waals surface area contributed by atoms with Crippen LogP contribution in [0.1, 0.15) is 24.3 Å². The predicted octanol–water partition coefficient (Wildman–Crippen LogP) is 1.68. The van der Waals surface area contributed by atoms with Gasteiger partial charge in [0.2, 0.25) is 0 Å². The van der Waals surface area contributed by atoms with Gasteiger partial charge in [0.25, 0.3) is 0 Å². The summed E-state index contributed by atoms with van der Waals surface area (Å²) >= 11 is 0. The molecule has 0 aromatic carbocycles. The maximum atomic E-state index is 12.2. The van der Waals surface area contributed by atoms with Crippen molar-refractivity contribution >= 4 is 5.78 Å². The van der Waals surface area contributed by atoms with Crippen LogP contribution in [0.25, 0.3) is 0 Å². The van der Waals surface area contributed by atoms with E-state index in [0.29, 0.717) is 13.2 Å². The van der Waals surface area contributed by atoms with Crippen molar-refractivity contribution in [2.75, 3.05) is 13.2 Å². The summed E-state index contributed by atoms with van der Waals surface area (Å²) in [5.74, 6) is -0.690. The second-order valence-electron chi connectivity index (χ2n) is 4.13. The number of aromatic nitrogens is 1. The van der Waals surface area contributed by atoms with E-state index in [2.05, 4.69) is 11.1 Å².